The second-order valence-corrected chi connectivity index (χ2v) is 13.9. The normalized spacial score (nSPS) is 20.7. The number of methoxy groups -OCH3 is 1. The molecule has 1 saturated heterocycles. The third kappa shape index (κ3) is 10.1. The van der Waals surface area contributed by atoms with Crippen molar-refractivity contribution in [1.29, 1.82) is 0 Å². The van der Waals surface area contributed by atoms with Crippen molar-refractivity contribution >= 4 is 40.6 Å². The lowest BCUT2D eigenvalue weighted by Gasteiger charge is -2.41. The Labute approximate surface area is 329 Å². The van der Waals surface area contributed by atoms with Crippen LogP contribution in [0.25, 0.3) is 11.0 Å². The van der Waals surface area contributed by atoms with Crippen LogP contribution in [0.3, 0.4) is 0 Å². The molecule has 1 spiro atoms. The van der Waals surface area contributed by atoms with Crippen LogP contribution < -0.4 is 35.5 Å². The molecule has 16 nitrogen and oxygen atoms in total. The van der Waals surface area contributed by atoms with E-state index in [1.54, 1.807) is 53.4 Å². The number of para-hydroxylation sites is 2. The summed E-state index contributed by atoms with van der Waals surface area (Å²) < 4.78 is 17.7. The van der Waals surface area contributed by atoms with Gasteiger partial charge in [-0.3, -0.25) is 24.0 Å². The number of fused-ring (bicyclic) bond motifs is 16. The van der Waals surface area contributed by atoms with E-state index < -0.39 is 54.0 Å². The van der Waals surface area contributed by atoms with Crippen molar-refractivity contribution < 1.29 is 43.3 Å². The number of aliphatic hydroxyl groups is 1. The zero-order valence-electron chi connectivity index (χ0n) is 31.9. The molecule has 3 aliphatic heterocycles. The lowest BCUT2D eigenvalue weighted by molar-refractivity contribution is -0.148. The standard InChI is InChI=1S/C41H47N7O9/c1-26-36(51)42-20-23-56-28-12-14-29(15-13-28)57-41(40(54)47-33(24-27-8-4-3-5-9-27)37(52)45-34(25-49)38(53)43-26)18-21-48(22-19-41)35(50)17-16-32-39(55-2)46-31-11-7-6-10-30(31)44-32/h3-15,26,33-34,49H,16-25H2,1-2H3,(H,42,51)(H,43,53)(H,45,52)(H,47,54)/t26-,33+,34-/m0/s1. The fraction of sp³-hybridized carbons (Fsp3) is 0.390. The zero-order chi connectivity index (χ0) is 40.4. The van der Waals surface area contributed by atoms with Crippen LogP contribution in [0.1, 0.15) is 37.4 Å². The highest BCUT2D eigenvalue weighted by Gasteiger charge is 2.46. The first kappa shape index (κ1) is 40.4. The van der Waals surface area contributed by atoms with Crippen LogP contribution in [0, 0.1) is 0 Å². The van der Waals surface area contributed by atoms with Gasteiger partial charge in [-0.1, -0.05) is 42.5 Å². The van der Waals surface area contributed by atoms with Crippen LogP contribution in [0.4, 0.5) is 0 Å². The molecule has 3 aromatic carbocycles. The van der Waals surface area contributed by atoms with Crippen LogP contribution in [0.2, 0.25) is 0 Å². The molecule has 4 heterocycles. The van der Waals surface area contributed by atoms with Crippen LogP contribution in [-0.2, 0) is 36.8 Å². The van der Waals surface area contributed by atoms with Gasteiger partial charge in [0.2, 0.25) is 29.5 Å². The van der Waals surface area contributed by atoms with Gasteiger partial charge in [0.05, 0.1) is 31.3 Å². The molecule has 3 aliphatic rings. The molecule has 1 fully saturated rings. The summed E-state index contributed by atoms with van der Waals surface area (Å²) in [6.45, 7) is 1.34. The van der Waals surface area contributed by atoms with E-state index in [9.17, 15) is 29.1 Å². The quantitative estimate of drug-likeness (QED) is 0.169. The minimum absolute atomic E-state index is 0.0465. The van der Waals surface area contributed by atoms with Gasteiger partial charge in [0.15, 0.2) is 5.60 Å². The average molecular weight is 782 g/mol. The highest BCUT2D eigenvalue weighted by Crippen LogP contribution is 2.31. The Kier molecular flexibility index (Phi) is 13.1. The number of ether oxygens (including phenoxy) is 3. The van der Waals surface area contributed by atoms with Gasteiger partial charge in [0.25, 0.3) is 5.91 Å². The summed E-state index contributed by atoms with van der Waals surface area (Å²) in [7, 11) is 1.51. The molecular weight excluding hydrogens is 734 g/mol. The number of aromatic nitrogens is 2. The van der Waals surface area contributed by atoms with Gasteiger partial charge in [0.1, 0.15) is 41.9 Å². The van der Waals surface area contributed by atoms with Crippen LogP contribution in [0.15, 0.2) is 78.9 Å². The number of likely N-dealkylation sites (tertiary alicyclic amines) is 1. The number of aliphatic hydroxyl groups excluding tert-OH is 1. The topological polar surface area (TPSA) is 210 Å². The maximum absolute atomic E-state index is 14.5. The van der Waals surface area contributed by atoms with Crippen molar-refractivity contribution in [3.8, 4) is 17.4 Å². The number of nitrogens with zero attached hydrogens (tertiary/aromatic N) is 3. The maximum atomic E-state index is 14.5. The van der Waals surface area contributed by atoms with E-state index in [0.29, 0.717) is 40.5 Å². The highest BCUT2D eigenvalue weighted by atomic mass is 16.5. The Bertz CT molecular complexity index is 2060. The summed E-state index contributed by atoms with van der Waals surface area (Å²) in [5.41, 5.74) is 1.16. The predicted octanol–water partition coefficient (Wildman–Crippen LogP) is 1.23. The monoisotopic (exact) mass is 781 g/mol. The predicted molar refractivity (Wildman–Crippen MR) is 207 cm³/mol. The van der Waals surface area contributed by atoms with Crippen molar-refractivity contribution in [2.24, 2.45) is 0 Å². The summed E-state index contributed by atoms with van der Waals surface area (Å²) in [6.07, 6.45) is 0.667. The van der Waals surface area contributed by atoms with Gasteiger partial charge >= 0.3 is 0 Å². The minimum atomic E-state index is -1.50. The van der Waals surface area contributed by atoms with E-state index in [-0.39, 0.29) is 57.8 Å². The van der Waals surface area contributed by atoms with Gasteiger partial charge in [-0.2, -0.15) is 0 Å². The summed E-state index contributed by atoms with van der Waals surface area (Å²) in [6, 6.07) is 19.5. The molecule has 300 valence electrons. The Morgan fingerprint density at radius 3 is 2.18 bits per heavy atom. The number of hydrogen-bond acceptors (Lipinski definition) is 11. The fourth-order valence-corrected chi connectivity index (χ4v) is 6.74. The Hall–Kier alpha value is -6.29. The van der Waals surface area contributed by atoms with Crippen LogP contribution in [0.5, 0.6) is 17.4 Å². The number of amides is 5. The number of aryl methyl sites for hydroxylation is 1. The van der Waals surface area contributed by atoms with Crippen LogP contribution in [-0.4, -0.2) is 113 Å². The third-order valence-corrected chi connectivity index (χ3v) is 9.99. The third-order valence-electron chi connectivity index (χ3n) is 9.99. The first-order valence-corrected chi connectivity index (χ1v) is 18.9. The number of benzene rings is 3. The van der Waals surface area contributed by atoms with Crippen molar-refractivity contribution in [3.05, 3.63) is 90.1 Å². The first-order valence-electron chi connectivity index (χ1n) is 18.9. The summed E-state index contributed by atoms with van der Waals surface area (Å²) in [5.74, 6) is -1.54. The second-order valence-electron chi connectivity index (χ2n) is 13.9. The molecule has 3 atom stereocenters. The molecule has 4 aromatic rings. The van der Waals surface area contributed by atoms with E-state index in [1.807, 2.05) is 30.3 Å². The molecule has 16 heteroatoms. The smallest absolute Gasteiger partial charge is 0.265 e. The molecule has 5 N–H and O–H groups in total. The fourth-order valence-electron chi connectivity index (χ4n) is 6.74. The van der Waals surface area contributed by atoms with E-state index in [2.05, 4.69) is 31.2 Å². The molecule has 0 aliphatic carbocycles. The molecule has 0 radical (unpaired) electrons. The summed E-state index contributed by atoms with van der Waals surface area (Å²) >= 11 is 0. The van der Waals surface area contributed by atoms with Crippen molar-refractivity contribution in [3.63, 3.8) is 0 Å². The van der Waals surface area contributed by atoms with E-state index in [1.165, 1.54) is 14.0 Å². The molecule has 5 amide bonds. The summed E-state index contributed by atoms with van der Waals surface area (Å²) in [4.78, 5) is 78.7. The van der Waals surface area contributed by atoms with Gasteiger partial charge in [0, 0.05) is 45.2 Å². The Morgan fingerprint density at radius 1 is 0.842 bits per heavy atom. The molecule has 0 unspecified atom stereocenters. The Balaban J connectivity index is 1.24. The number of piperidine rings is 1. The van der Waals surface area contributed by atoms with Crippen molar-refractivity contribution in [2.75, 3.05) is 40.0 Å². The van der Waals surface area contributed by atoms with Gasteiger partial charge in [-0.25, -0.2) is 9.97 Å². The van der Waals surface area contributed by atoms with Crippen molar-refractivity contribution in [1.82, 2.24) is 36.1 Å². The highest BCUT2D eigenvalue weighted by molar-refractivity contribution is 5.95. The van der Waals surface area contributed by atoms with E-state index in [0.717, 1.165) is 5.56 Å². The molecule has 0 saturated carbocycles. The number of carbonyl (C=O) groups is 5. The van der Waals surface area contributed by atoms with E-state index in [4.69, 9.17) is 14.2 Å². The van der Waals surface area contributed by atoms with Crippen molar-refractivity contribution in [2.45, 2.75) is 62.8 Å². The molecule has 7 rings (SSSR count). The van der Waals surface area contributed by atoms with Crippen LogP contribution >= 0.6 is 0 Å². The summed E-state index contributed by atoms with van der Waals surface area (Å²) in [5, 5.41) is 20.7. The van der Waals surface area contributed by atoms with Gasteiger partial charge < -0.3 is 45.5 Å². The second kappa shape index (κ2) is 18.6. The Morgan fingerprint density at radius 2 is 1.49 bits per heavy atom. The van der Waals surface area contributed by atoms with Gasteiger partial charge in [-0.05, 0) is 48.9 Å². The van der Waals surface area contributed by atoms with Gasteiger partial charge in [-0.15, -0.1) is 0 Å². The number of hydrogen-bond donors (Lipinski definition) is 5. The molecule has 57 heavy (non-hydrogen) atoms. The number of nitrogens with one attached hydrogen (secondary N) is 4. The molecule has 1 aromatic heterocycles. The lowest BCUT2D eigenvalue weighted by atomic mass is 9.88. The lowest BCUT2D eigenvalue weighted by Crippen LogP contribution is -2.62. The maximum Gasteiger partial charge on any atom is 0.265 e. The zero-order valence-corrected chi connectivity index (χ0v) is 31.9. The first-order chi connectivity index (χ1) is 27.6. The van der Waals surface area contributed by atoms with E-state index >= 15 is 0 Å². The SMILES string of the molecule is COc1nc2ccccc2nc1CCC(=O)N1CCC2(CC1)Oc1ccc(cc1)OCCNC(=O)[C@H](C)NC(=O)[C@H](CO)NC(=O)[C@@H](Cc1ccccc1)NC2=O. The average Bonchev–Trinajstić information content (AvgIpc) is 3.23. The molecule has 2 bridgehead atoms. The largest absolute Gasteiger partial charge is 0.492 e. The number of rotatable bonds is 7. The number of carbonyl (C=O) groups excluding carboxylic acids is 5. The minimum Gasteiger partial charge on any atom is -0.492 e. The molecular formula is C41H47N7O9.